The maximum Gasteiger partial charge on any atom is 0.337 e. The van der Waals surface area contributed by atoms with Crippen molar-refractivity contribution in [1.29, 1.82) is 0 Å². The van der Waals surface area contributed by atoms with Crippen LogP contribution in [0.25, 0.3) is 11.3 Å². The average Bonchev–Trinajstić information content (AvgIpc) is 3.33. The summed E-state index contributed by atoms with van der Waals surface area (Å²) in [7, 11) is 1.29. The Morgan fingerprint density at radius 1 is 1.18 bits per heavy atom. The van der Waals surface area contributed by atoms with E-state index in [-0.39, 0.29) is 31.3 Å². The first-order chi connectivity index (χ1) is 15.9. The summed E-state index contributed by atoms with van der Waals surface area (Å²) in [6.45, 7) is 1.76. The number of rotatable bonds is 13. The fraction of sp³-hybridized carbons (Fsp3) is 0.391. The predicted molar refractivity (Wildman–Crippen MR) is 118 cm³/mol. The van der Waals surface area contributed by atoms with Crippen LogP contribution >= 0.6 is 0 Å². The van der Waals surface area contributed by atoms with Crippen LogP contribution in [0.3, 0.4) is 0 Å². The van der Waals surface area contributed by atoms with E-state index in [9.17, 15) is 24.4 Å². The van der Waals surface area contributed by atoms with E-state index in [2.05, 4.69) is 10.6 Å². The Morgan fingerprint density at radius 2 is 1.97 bits per heavy atom. The molecular weight excluding hydrogens is 430 g/mol. The van der Waals surface area contributed by atoms with Gasteiger partial charge in [-0.1, -0.05) is 38.3 Å². The monoisotopic (exact) mass is 459 g/mol. The van der Waals surface area contributed by atoms with E-state index in [1.165, 1.54) is 13.2 Å². The highest BCUT2D eigenvalue weighted by Crippen LogP contribution is 2.23. The second kappa shape index (κ2) is 13.0. The van der Waals surface area contributed by atoms with Crippen LogP contribution < -0.4 is 10.6 Å². The van der Waals surface area contributed by atoms with Gasteiger partial charge >= 0.3 is 5.97 Å². The van der Waals surface area contributed by atoms with Gasteiger partial charge in [-0.25, -0.2) is 9.86 Å². The third-order valence-electron chi connectivity index (χ3n) is 4.97. The molecule has 0 radical (unpaired) electrons. The molecule has 2 aromatic rings. The molecule has 1 heterocycles. The first-order valence-corrected chi connectivity index (χ1v) is 10.6. The van der Waals surface area contributed by atoms with Gasteiger partial charge in [-0.05, 0) is 30.7 Å². The van der Waals surface area contributed by atoms with E-state index in [4.69, 9.17) is 9.15 Å². The number of benzene rings is 1. The van der Waals surface area contributed by atoms with Gasteiger partial charge in [-0.3, -0.25) is 19.6 Å². The summed E-state index contributed by atoms with van der Waals surface area (Å²) >= 11 is 0. The van der Waals surface area contributed by atoms with Crippen LogP contribution in [0.1, 0.15) is 53.5 Å². The summed E-state index contributed by atoms with van der Waals surface area (Å²) < 4.78 is 10.3. The molecule has 0 saturated heterocycles. The van der Waals surface area contributed by atoms with Gasteiger partial charge in [0.05, 0.1) is 31.8 Å². The topological polar surface area (TPSA) is 138 Å². The smallest absolute Gasteiger partial charge is 0.337 e. The number of carbonyl (C=O) groups excluding carboxylic acids is 4. The molecule has 10 nitrogen and oxygen atoms in total. The van der Waals surface area contributed by atoms with Gasteiger partial charge in [0.25, 0.3) is 5.91 Å². The molecule has 1 atom stereocenters. The number of nitrogens with zero attached hydrogens (tertiary/aromatic N) is 1. The van der Waals surface area contributed by atoms with Crippen LogP contribution in [0.15, 0.2) is 40.8 Å². The number of furan rings is 1. The number of hydroxylamine groups is 2. The van der Waals surface area contributed by atoms with Crippen molar-refractivity contribution >= 4 is 24.2 Å². The molecule has 2 rings (SSSR count). The van der Waals surface area contributed by atoms with Crippen LogP contribution in [-0.4, -0.2) is 54.8 Å². The van der Waals surface area contributed by atoms with E-state index < -0.39 is 17.8 Å². The molecule has 10 heteroatoms. The molecular formula is C23H29N3O7. The molecule has 178 valence electrons. The minimum absolute atomic E-state index is 0.0321. The highest BCUT2D eigenvalue weighted by molar-refractivity contribution is 5.93. The number of ether oxygens (including phenoxy) is 1. The molecule has 0 aliphatic rings. The Morgan fingerprint density at radius 3 is 2.67 bits per heavy atom. The van der Waals surface area contributed by atoms with Gasteiger partial charge in [-0.2, -0.15) is 0 Å². The SMILES string of the molecule is CCCCCC(CN(O)C=O)C(=O)NCNC(=O)c1ccc(-c2cccc(C(=O)OC)c2)o1. The van der Waals surface area contributed by atoms with E-state index >= 15 is 0 Å². The largest absolute Gasteiger partial charge is 0.465 e. The van der Waals surface area contributed by atoms with E-state index in [1.807, 2.05) is 6.92 Å². The summed E-state index contributed by atoms with van der Waals surface area (Å²) in [6.07, 6.45) is 3.43. The Hall–Kier alpha value is -3.66. The summed E-state index contributed by atoms with van der Waals surface area (Å²) in [4.78, 5) is 47.2. The average molecular weight is 459 g/mol. The fourth-order valence-electron chi connectivity index (χ4n) is 3.19. The molecule has 0 saturated carbocycles. The summed E-state index contributed by atoms with van der Waals surface area (Å²) in [5.74, 6) is -1.58. The molecule has 0 aliphatic carbocycles. The fourth-order valence-corrected chi connectivity index (χ4v) is 3.19. The molecule has 0 fully saturated rings. The molecule has 3 amide bonds. The lowest BCUT2D eigenvalue weighted by molar-refractivity contribution is -0.154. The third kappa shape index (κ3) is 7.76. The lowest BCUT2D eigenvalue weighted by Crippen LogP contribution is -2.42. The van der Waals surface area contributed by atoms with Crippen LogP contribution in [0, 0.1) is 5.92 Å². The van der Waals surface area contributed by atoms with Gasteiger partial charge in [0.15, 0.2) is 5.76 Å². The zero-order chi connectivity index (χ0) is 24.2. The van der Waals surface area contributed by atoms with Crippen LogP contribution in [-0.2, 0) is 14.3 Å². The number of unbranched alkanes of at least 4 members (excludes halogenated alkanes) is 2. The van der Waals surface area contributed by atoms with Gasteiger partial charge in [-0.15, -0.1) is 0 Å². The zero-order valence-electron chi connectivity index (χ0n) is 18.7. The minimum Gasteiger partial charge on any atom is -0.465 e. The Labute approximate surface area is 191 Å². The lowest BCUT2D eigenvalue weighted by Gasteiger charge is -2.19. The van der Waals surface area contributed by atoms with Gasteiger partial charge in [0.2, 0.25) is 12.3 Å². The number of hydrogen-bond donors (Lipinski definition) is 3. The third-order valence-corrected chi connectivity index (χ3v) is 4.97. The molecule has 0 spiro atoms. The normalized spacial score (nSPS) is 11.4. The predicted octanol–water partition coefficient (Wildman–Crippen LogP) is 2.58. The number of carbonyl (C=O) groups is 4. The Balaban J connectivity index is 1.92. The highest BCUT2D eigenvalue weighted by atomic mass is 16.5. The number of nitrogens with one attached hydrogen (secondary N) is 2. The van der Waals surface area contributed by atoms with E-state index in [0.29, 0.717) is 28.4 Å². The van der Waals surface area contributed by atoms with E-state index in [1.54, 1.807) is 30.3 Å². The van der Waals surface area contributed by atoms with Gasteiger partial charge < -0.3 is 19.8 Å². The van der Waals surface area contributed by atoms with Crippen molar-refractivity contribution in [2.24, 2.45) is 5.92 Å². The molecule has 1 unspecified atom stereocenters. The van der Waals surface area contributed by atoms with Crippen molar-refractivity contribution in [3.63, 3.8) is 0 Å². The molecule has 0 bridgehead atoms. The van der Waals surface area contributed by atoms with Gasteiger partial charge in [0, 0.05) is 5.56 Å². The second-order valence-corrected chi connectivity index (χ2v) is 7.38. The number of methoxy groups -OCH3 is 1. The van der Waals surface area contributed by atoms with E-state index in [0.717, 1.165) is 19.3 Å². The summed E-state index contributed by atoms with van der Waals surface area (Å²) in [6, 6.07) is 9.69. The van der Waals surface area contributed by atoms with Crippen molar-refractivity contribution in [2.75, 3.05) is 20.3 Å². The van der Waals surface area contributed by atoms with Crippen molar-refractivity contribution in [2.45, 2.75) is 32.6 Å². The molecule has 1 aromatic carbocycles. The van der Waals surface area contributed by atoms with Crippen LogP contribution in [0.2, 0.25) is 0 Å². The summed E-state index contributed by atoms with van der Waals surface area (Å²) in [5, 5.41) is 15.0. The lowest BCUT2D eigenvalue weighted by atomic mass is 10.0. The first kappa shape index (κ1) is 25.6. The van der Waals surface area contributed by atoms with Crippen LogP contribution in [0.4, 0.5) is 0 Å². The minimum atomic E-state index is -0.596. The van der Waals surface area contributed by atoms with Gasteiger partial charge in [0.1, 0.15) is 5.76 Å². The molecule has 33 heavy (non-hydrogen) atoms. The standard InChI is InChI=1S/C23H29N3O7/c1-3-4-5-7-18(13-26(31)15-27)21(28)24-14-25-22(29)20-11-10-19(33-20)16-8-6-9-17(12-16)23(30)32-2/h6,8-12,15,18,31H,3-5,7,13-14H2,1-2H3,(H,24,28)(H,25,29). The number of amides is 3. The van der Waals surface area contributed by atoms with Crippen molar-refractivity contribution < 1.29 is 33.5 Å². The maximum atomic E-state index is 12.4. The maximum absolute atomic E-state index is 12.4. The van der Waals surface area contributed by atoms with Crippen molar-refractivity contribution in [3.8, 4) is 11.3 Å². The number of esters is 1. The quantitative estimate of drug-likeness (QED) is 0.104. The van der Waals surface area contributed by atoms with Crippen LogP contribution in [0.5, 0.6) is 0 Å². The molecule has 3 N–H and O–H groups in total. The second-order valence-electron chi connectivity index (χ2n) is 7.38. The Kier molecular flexibility index (Phi) is 10.1. The highest BCUT2D eigenvalue weighted by Gasteiger charge is 2.21. The van der Waals surface area contributed by atoms with Crippen molar-refractivity contribution in [1.82, 2.24) is 15.7 Å². The molecule has 0 aliphatic heterocycles. The first-order valence-electron chi connectivity index (χ1n) is 10.6. The zero-order valence-corrected chi connectivity index (χ0v) is 18.7. The number of hydrogen-bond acceptors (Lipinski definition) is 7. The molecule has 1 aromatic heterocycles. The van der Waals surface area contributed by atoms with Crippen molar-refractivity contribution in [3.05, 3.63) is 47.7 Å². The Bertz CT molecular complexity index is 957. The summed E-state index contributed by atoms with van der Waals surface area (Å²) in [5.41, 5.74) is 0.952.